The van der Waals surface area contributed by atoms with Crippen LogP contribution in [0.4, 0.5) is 0 Å². The molecule has 12 heavy (non-hydrogen) atoms. The summed E-state index contributed by atoms with van der Waals surface area (Å²) in [5, 5.41) is 0. The summed E-state index contributed by atoms with van der Waals surface area (Å²) in [5.74, 6) is 0. The summed E-state index contributed by atoms with van der Waals surface area (Å²) in [6.45, 7) is 4.05. The Balaban J connectivity index is 2.87. The van der Waals surface area contributed by atoms with E-state index in [1.165, 1.54) is 0 Å². The van der Waals surface area contributed by atoms with E-state index < -0.39 is 0 Å². The molecule has 0 saturated heterocycles. The molecule has 0 aliphatic heterocycles. The molecule has 0 spiro atoms. The van der Waals surface area contributed by atoms with Gasteiger partial charge in [0, 0.05) is 18.7 Å². The largest absolute Gasteiger partial charge is 0.330 e. The predicted molar refractivity (Wildman–Crippen MR) is 48.4 cm³/mol. The average Bonchev–Trinajstić information content (AvgIpc) is 2.06. The molecule has 0 bridgehead atoms. The fourth-order valence-corrected chi connectivity index (χ4v) is 0.866. The van der Waals surface area contributed by atoms with Crippen molar-refractivity contribution in [3.63, 3.8) is 0 Å². The second-order valence-corrected chi connectivity index (χ2v) is 2.32. The molecular weight excluding hydrogens is 150 g/mol. The van der Waals surface area contributed by atoms with Crippen LogP contribution < -0.4 is 5.73 Å². The van der Waals surface area contributed by atoms with Crippen molar-refractivity contribution in [2.24, 2.45) is 5.73 Å². The highest BCUT2D eigenvalue weighted by Gasteiger charge is 1.93. The van der Waals surface area contributed by atoms with Gasteiger partial charge in [0.2, 0.25) is 0 Å². The van der Waals surface area contributed by atoms with Gasteiger partial charge >= 0.3 is 0 Å². The summed E-state index contributed by atoms with van der Waals surface area (Å²) >= 11 is 0. The molecule has 0 aliphatic rings. The van der Waals surface area contributed by atoms with E-state index in [-0.39, 0.29) is 0 Å². The van der Waals surface area contributed by atoms with Crippen LogP contribution in [0.15, 0.2) is 24.7 Å². The van der Waals surface area contributed by atoms with Crippen LogP contribution >= 0.6 is 0 Å². The molecule has 3 nitrogen and oxygen atoms in total. The van der Waals surface area contributed by atoms with Crippen LogP contribution in [0.5, 0.6) is 0 Å². The van der Waals surface area contributed by atoms with Gasteiger partial charge in [-0.3, -0.25) is 4.98 Å². The molecule has 0 aromatic carbocycles. The Morgan fingerprint density at radius 3 is 3.08 bits per heavy atom. The monoisotopic (exact) mass is 161 g/mol. The van der Waals surface area contributed by atoms with E-state index in [0.717, 1.165) is 17.8 Å². The third kappa shape index (κ3) is 2.31. The summed E-state index contributed by atoms with van der Waals surface area (Å²) in [5.41, 5.74) is 9.70. The first-order chi connectivity index (χ1) is 5.86. The zero-order valence-electron chi connectivity index (χ0n) is 6.83. The highest BCUT2D eigenvalue weighted by molar-refractivity contribution is 5.41. The van der Waals surface area contributed by atoms with E-state index in [4.69, 9.17) is 5.73 Å². The molecule has 0 radical (unpaired) electrons. The van der Waals surface area contributed by atoms with E-state index in [0.29, 0.717) is 6.54 Å². The van der Waals surface area contributed by atoms with Gasteiger partial charge in [0.1, 0.15) is 0 Å². The third-order valence-corrected chi connectivity index (χ3v) is 1.35. The molecule has 0 saturated carbocycles. The standard InChI is InChI=1S/C9H11N3/c1-2-3-8-6-11-7-9(12-8)4-5-10/h3,6-7H,1,4-5,10H2. The number of nitrogens with zero attached hydrogens (tertiary/aromatic N) is 2. The van der Waals surface area contributed by atoms with Crippen molar-refractivity contribution in [2.45, 2.75) is 6.42 Å². The maximum absolute atomic E-state index is 5.38. The lowest BCUT2D eigenvalue weighted by atomic mass is 10.3. The topological polar surface area (TPSA) is 51.8 Å². The van der Waals surface area contributed by atoms with Gasteiger partial charge in [-0.05, 0) is 6.54 Å². The Labute approximate surface area is 71.7 Å². The average molecular weight is 161 g/mol. The van der Waals surface area contributed by atoms with Crippen molar-refractivity contribution in [1.29, 1.82) is 0 Å². The van der Waals surface area contributed by atoms with Crippen LogP contribution in [-0.4, -0.2) is 16.5 Å². The van der Waals surface area contributed by atoms with Gasteiger partial charge in [-0.1, -0.05) is 6.58 Å². The fraction of sp³-hybridized carbons (Fsp3) is 0.222. The highest BCUT2D eigenvalue weighted by Crippen LogP contribution is 1.97. The maximum atomic E-state index is 5.38. The van der Waals surface area contributed by atoms with Gasteiger partial charge in [0.05, 0.1) is 17.6 Å². The highest BCUT2D eigenvalue weighted by atomic mass is 14.8. The van der Waals surface area contributed by atoms with Crippen LogP contribution in [0.1, 0.15) is 11.4 Å². The molecule has 0 fully saturated rings. The Bertz CT molecular complexity index is 300. The minimum absolute atomic E-state index is 0.593. The quantitative estimate of drug-likeness (QED) is 0.666. The first-order valence-corrected chi connectivity index (χ1v) is 3.73. The van der Waals surface area contributed by atoms with Gasteiger partial charge < -0.3 is 5.73 Å². The smallest absolute Gasteiger partial charge is 0.0892 e. The molecule has 1 aromatic rings. The van der Waals surface area contributed by atoms with Gasteiger partial charge in [-0.2, -0.15) is 0 Å². The van der Waals surface area contributed by atoms with Crippen LogP contribution in [0.3, 0.4) is 0 Å². The van der Waals surface area contributed by atoms with Crippen LogP contribution in [0, 0.1) is 0 Å². The number of nitrogens with two attached hydrogens (primary N) is 1. The van der Waals surface area contributed by atoms with Crippen LogP contribution in [0.25, 0.3) is 6.08 Å². The van der Waals surface area contributed by atoms with Crippen molar-refractivity contribution in [3.8, 4) is 0 Å². The molecule has 0 atom stereocenters. The van der Waals surface area contributed by atoms with Gasteiger partial charge in [0.15, 0.2) is 0 Å². The molecule has 0 unspecified atom stereocenters. The SMILES string of the molecule is C=C=Cc1cncc(CCN)n1. The van der Waals surface area contributed by atoms with E-state index in [1.54, 1.807) is 18.5 Å². The zero-order chi connectivity index (χ0) is 8.81. The minimum atomic E-state index is 0.593. The zero-order valence-corrected chi connectivity index (χ0v) is 6.83. The summed E-state index contributed by atoms with van der Waals surface area (Å²) in [6, 6.07) is 0. The van der Waals surface area contributed by atoms with Crippen molar-refractivity contribution >= 4 is 6.08 Å². The van der Waals surface area contributed by atoms with Crippen molar-refractivity contribution in [2.75, 3.05) is 6.54 Å². The molecule has 0 amide bonds. The van der Waals surface area contributed by atoms with Gasteiger partial charge in [-0.25, -0.2) is 4.98 Å². The normalized spacial score (nSPS) is 9.08. The molecule has 1 heterocycles. The Kier molecular flexibility index (Phi) is 3.20. The first-order valence-electron chi connectivity index (χ1n) is 3.73. The first kappa shape index (κ1) is 8.65. The lowest BCUT2D eigenvalue weighted by Crippen LogP contribution is -2.05. The Morgan fingerprint density at radius 1 is 1.58 bits per heavy atom. The maximum Gasteiger partial charge on any atom is 0.0892 e. The summed E-state index contributed by atoms with van der Waals surface area (Å²) < 4.78 is 0. The lowest BCUT2D eigenvalue weighted by Gasteiger charge is -1.96. The number of hydrogen-bond donors (Lipinski definition) is 1. The van der Waals surface area contributed by atoms with E-state index in [2.05, 4.69) is 22.3 Å². The number of aromatic nitrogens is 2. The van der Waals surface area contributed by atoms with Gasteiger partial charge in [0.25, 0.3) is 0 Å². The van der Waals surface area contributed by atoms with Crippen molar-refractivity contribution in [3.05, 3.63) is 36.1 Å². The molecule has 3 heteroatoms. The molecule has 62 valence electrons. The lowest BCUT2D eigenvalue weighted by molar-refractivity contribution is 0.904. The Hall–Kier alpha value is -1.44. The Morgan fingerprint density at radius 2 is 2.42 bits per heavy atom. The van der Waals surface area contributed by atoms with Crippen LogP contribution in [-0.2, 0) is 6.42 Å². The predicted octanol–water partition coefficient (Wildman–Crippen LogP) is 0.776. The van der Waals surface area contributed by atoms with Crippen molar-refractivity contribution < 1.29 is 0 Å². The summed E-state index contributed by atoms with van der Waals surface area (Å²) in [6.07, 6.45) is 5.82. The van der Waals surface area contributed by atoms with Gasteiger partial charge in [-0.15, -0.1) is 5.73 Å². The molecule has 1 aromatic heterocycles. The van der Waals surface area contributed by atoms with Crippen molar-refractivity contribution in [1.82, 2.24) is 9.97 Å². The molecule has 0 aliphatic carbocycles. The van der Waals surface area contributed by atoms with E-state index in [1.807, 2.05) is 0 Å². The fourth-order valence-electron chi connectivity index (χ4n) is 0.866. The molecular formula is C9H11N3. The molecule has 2 N–H and O–H groups in total. The summed E-state index contributed by atoms with van der Waals surface area (Å²) in [7, 11) is 0. The van der Waals surface area contributed by atoms with E-state index in [9.17, 15) is 0 Å². The second kappa shape index (κ2) is 4.44. The number of rotatable bonds is 3. The number of hydrogen-bond acceptors (Lipinski definition) is 3. The second-order valence-electron chi connectivity index (χ2n) is 2.32. The third-order valence-electron chi connectivity index (χ3n) is 1.35. The van der Waals surface area contributed by atoms with E-state index >= 15 is 0 Å². The van der Waals surface area contributed by atoms with Crippen LogP contribution in [0.2, 0.25) is 0 Å². The summed E-state index contributed by atoms with van der Waals surface area (Å²) in [4.78, 5) is 8.26. The molecule has 1 rings (SSSR count). The minimum Gasteiger partial charge on any atom is -0.330 e.